The fraction of sp³-hybridized carbons (Fsp3) is 0.667. The number of carbonyl (C=O) groups excluding carboxylic acids is 5. The smallest absolute Gasteiger partial charge is 0.305 e. The quantitative estimate of drug-likeness (QED) is 0.436. The molecule has 0 spiro atoms. The number of rotatable bonds is 7. The highest BCUT2D eigenvalue weighted by Crippen LogP contribution is 2.30. The molecule has 2 aliphatic heterocycles. The Labute approximate surface area is 166 Å². The molecule has 1 aliphatic carbocycles. The molecule has 2 saturated heterocycles. The lowest BCUT2D eigenvalue weighted by atomic mass is 10.0. The summed E-state index contributed by atoms with van der Waals surface area (Å²) in [5.41, 5.74) is 0. The predicted molar refractivity (Wildman–Crippen MR) is 95.7 cm³/mol. The number of fused-ring (bicyclic) bond motifs is 1. The number of carboxylic acids is 1. The van der Waals surface area contributed by atoms with E-state index < -0.39 is 42.3 Å². The molecule has 29 heavy (non-hydrogen) atoms. The van der Waals surface area contributed by atoms with E-state index in [0.29, 0.717) is 12.7 Å². The highest BCUT2D eigenvalue weighted by atomic mass is 16.4. The zero-order valence-electron chi connectivity index (χ0n) is 15.8. The molecule has 0 bridgehead atoms. The van der Waals surface area contributed by atoms with E-state index in [9.17, 15) is 28.8 Å². The first kappa shape index (κ1) is 20.7. The third kappa shape index (κ3) is 4.72. The molecule has 0 radical (unpaired) electrons. The number of carboxylic acid groups (broad SMARTS) is 1. The van der Waals surface area contributed by atoms with Gasteiger partial charge in [-0.25, -0.2) is 5.01 Å². The third-order valence-corrected chi connectivity index (χ3v) is 5.32. The van der Waals surface area contributed by atoms with E-state index in [-0.39, 0.29) is 43.5 Å². The number of aliphatic carboxylic acids is 1. The molecule has 3 aliphatic rings. The summed E-state index contributed by atoms with van der Waals surface area (Å²) < 4.78 is 0. The second kappa shape index (κ2) is 8.58. The zero-order chi connectivity index (χ0) is 21.1. The molecule has 3 atom stereocenters. The van der Waals surface area contributed by atoms with Gasteiger partial charge in [0, 0.05) is 18.9 Å². The van der Waals surface area contributed by atoms with E-state index in [1.165, 1.54) is 5.01 Å². The summed E-state index contributed by atoms with van der Waals surface area (Å²) in [7, 11) is 0. The second-order valence-corrected chi connectivity index (χ2v) is 7.58. The topological polar surface area (TPSA) is 153 Å². The van der Waals surface area contributed by atoms with Crippen LogP contribution in [0.25, 0.3) is 0 Å². The van der Waals surface area contributed by atoms with Gasteiger partial charge in [0.05, 0.1) is 12.5 Å². The van der Waals surface area contributed by atoms with Gasteiger partial charge in [-0.1, -0.05) is 0 Å². The van der Waals surface area contributed by atoms with Gasteiger partial charge in [0.2, 0.25) is 17.7 Å². The molecule has 4 amide bonds. The fourth-order valence-corrected chi connectivity index (χ4v) is 3.64. The van der Waals surface area contributed by atoms with Crippen LogP contribution < -0.4 is 10.6 Å². The Balaban J connectivity index is 1.78. The van der Waals surface area contributed by atoms with E-state index in [0.717, 1.165) is 17.9 Å². The lowest BCUT2D eigenvalue weighted by Crippen LogP contribution is -2.64. The molecule has 11 heteroatoms. The van der Waals surface area contributed by atoms with Crippen LogP contribution in [0.1, 0.15) is 44.9 Å². The van der Waals surface area contributed by atoms with Crippen LogP contribution >= 0.6 is 0 Å². The van der Waals surface area contributed by atoms with Crippen molar-refractivity contribution in [3.05, 3.63) is 0 Å². The Morgan fingerprint density at radius 3 is 2.48 bits per heavy atom. The molecular formula is C18H24N4O7. The Morgan fingerprint density at radius 2 is 1.86 bits per heavy atom. The van der Waals surface area contributed by atoms with Crippen molar-refractivity contribution in [1.82, 2.24) is 20.7 Å². The normalized spacial score (nSPS) is 25.5. The Hall–Kier alpha value is -2.98. The average molecular weight is 408 g/mol. The number of hydrogen-bond donors (Lipinski definition) is 3. The van der Waals surface area contributed by atoms with Gasteiger partial charge in [0.15, 0.2) is 0 Å². The standard InChI is InChI=1S/C18H24N4O7/c23-9-11(8-15(25)26)19-17(28)13-2-1-7-21-14(24)6-5-12(18(29)22(13)21)20-16(27)10-3-4-10/h9-13H,1-8H2,(H,19,28)(H,20,27)(H,25,26)/t11-,12-,13-/m0/s1. The van der Waals surface area contributed by atoms with Gasteiger partial charge in [0.1, 0.15) is 18.4 Å². The van der Waals surface area contributed by atoms with E-state index in [1.54, 1.807) is 0 Å². The monoisotopic (exact) mass is 408 g/mol. The number of hydrazine groups is 1. The molecule has 0 unspecified atom stereocenters. The summed E-state index contributed by atoms with van der Waals surface area (Å²) >= 11 is 0. The van der Waals surface area contributed by atoms with Crippen LogP contribution in [-0.4, -0.2) is 75.7 Å². The summed E-state index contributed by atoms with van der Waals surface area (Å²) in [6.07, 6.45) is 2.20. The predicted octanol–water partition coefficient (Wildman–Crippen LogP) is -1.43. The van der Waals surface area contributed by atoms with Crippen LogP contribution in [-0.2, 0) is 28.8 Å². The lowest BCUT2D eigenvalue weighted by Gasteiger charge is -2.43. The highest BCUT2D eigenvalue weighted by Gasteiger charge is 2.45. The molecule has 0 aromatic rings. The van der Waals surface area contributed by atoms with Crippen LogP contribution in [0.2, 0.25) is 0 Å². The molecule has 2 heterocycles. The van der Waals surface area contributed by atoms with Crippen molar-refractivity contribution in [2.75, 3.05) is 6.54 Å². The number of amides is 4. The third-order valence-electron chi connectivity index (χ3n) is 5.32. The van der Waals surface area contributed by atoms with Gasteiger partial charge >= 0.3 is 5.97 Å². The van der Waals surface area contributed by atoms with Crippen molar-refractivity contribution in [3.63, 3.8) is 0 Å². The van der Waals surface area contributed by atoms with Crippen LogP contribution in [0.5, 0.6) is 0 Å². The van der Waals surface area contributed by atoms with E-state index in [4.69, 9.17) is 5.11 Å². The molecule has 0 aromatic carbocycles. The minimum absolute atomic E-state index is 0.0577. The van der Waals surface area contributed by atoms with Gasteiger partial charge in [-0.15, -0.1) is 0 Å². The Bertz CT molecular complexity index is 736. The summed E-state index contributed by atoms with van der Waals surface area (Å²) in [4.78, 5) is 72.4. The Morgan fingerprint density at radius 1 is 1.14 bits per heavy atom. The van der Waals surface area contributed by atoms with Gasteiger partial charge in [-0.05, 0) is 32.1 Å². The molecule has 1 saturated carbocycles. The lowest BCUT2D eigenvalue weighted by molar-refractivity contribution is -0.176. The zero-order valence-corrected chi connectivity index (χ0v) is 15.8. The number of nitrogens with zero attached hydrogens (tertiary/aromatic N) is 2. The summed E-state index contributed by atoms with van der Waals surface area (Å²) in [6.45, 7) is 0.268. The molecule has 11 nitrogen and oxygen atoms in total. The summed E-state index contributed by atoms with van der Waals surface area (Å²) in [5.74, 6) is -3.17. The van der Waals surface area contributed by atoms with Crippen LogP contribution in [0.3, 0.4) is 0 Å². The minimum atomic E-state index is -1.25. The van der Waals surface area contributed by atoms with Gasteiger partial charge in [0.25, 0.3) is 5.91 Å². The largest absolute Gasteiger partial charge is 0.481 e. The first-order chi connectivity index (χ1) is 13.8. The maximum absolute atomic E-state index is 13.1. The maximum atomic E-state index is 13.1. The minimum Gasteiger partial charge on any atom is -0.481 e. The fourth-order valence-electron chi connectivity index (χ4n) is 3.64. The number of carbonyl (C=O) groups is 6. The van der Waals surface area contributed by atoms with E-state index in [1.807, 2.05) is 0 Å². The highest BCUT2D eigenvalue weighted by molar-refractivity contribution is 5.96. The first-order valence-corrected chi connectivity index (χ1v) is 9.73. The second-order valence-electron chi connectivity index (χ2n) is 7.58. The molecule has 3 rings (SSSR count). The number of nitrogens with one attached hydrogen (secondary N) is 2. The molecule has 158 valence electrons. The molecule has 0 aromatic heterocycles. The van der Waals surface area contributed by atoms with E-state index >= 15 is 0 Å². The number of hydrogen-bond acceptors (Lipinski definition) is 6. The average Bonchev–Trinajstić information content (AvgIpc) is 3.54. The first-order valence-electron chi connectivity index (χ1n) is 9.73. The van der Waals surface area contributed by atoms with Crippen molar-refractivity contribution in [2.45, 2.75) is 63.1 Å². The van der Waals surface area contributed by atoms with Gasteiger partial charge in [-0.2, -0.15) is 0 Å². The van der Waals surface area contributed by atoms with E-state index in [2.05, 4.69) is 10.6 Å². The van der Waals surface area contributed by atoms with Crippen LogP contribution in [0, 0.1) is 5.92 Å². The molecular weight excluding hydrogens is 384 g/mol. The van der Waals surface area contributed by atoms with Crippen molar-refractivity contribution < 1.29 is 33.9 Å². The van der Waals surface area contributed by atoms with Crippen molar-refractivity contribution >= 4 is 35.9 Å². The van der Waals surface area contributed by atoms with Crippen LogP contribution in [0.15, 0.2) is 0 Å². The SMILES string of the molecule is O=C[C@H](CC(=O)O)NC(=O)[C@@H]1CCCN2C(=O)CC[C@H](NC(=O)C3CC3)C(=O)N12. The Kier molecular flexibility index (Phi) is 6.14. The van der Waals surface area contributed by atoms with Crippen molar-refractivity contribution in [1.29, 1.82) is 0 Å². The molecule has 3 fully saturated rings. The van der Waals surface area contributed by atoms with Crippen LogP contribution in [0.4, 0.5) is 0 Å². The van der Waals surface area contributed by atoms with Crippen molar-refractivity contribution in [3.8, 4) is 0 Å². The summed E-state index contributed by atoms with van der Waals surface area (Å²) in [6, 6.07) is -3.21. The van der Waals surface area contributed by atoms with Gasteiger partial charge < -0.3 is 20.5 Å². The van der Waals surface area contributed by atoms with Gasteiger partial charge in [-0.3, -0.25) is 29.0 Å². The number of aldehydes is 1. The summed E-state index contributed by atoms with van der Waals surface area (Å²) in [5, 5.41) is 16.2. The van der Waals surface area contributed by atoms with Crippen molar-refractivity contribution in [2.24, 2.45) is 5.92 Å². The molecule has 3 N–H and O–H groups in total. The maximum Gasteiger partial charge on any atom is 0.305 e.